The van der Waals surface area contributed by atoms with Gasteiger partial charge in [0.1, 0.15) is 5.75 Å². The highest BCUT2D eigenvalue weighted by Gasteiger charge is 2.16. The summed E-state index contributed by atoms with van der Waals surface area (Å²) in [5.74, 6) is 0.801. The van der Waals surface area contributed by atoms with Crippen molar-refractivity contribution in [3.63, 3.8) is 0 Å². The van der Waals surface area contributed by atoms with E-state index in [1.165, 1.54) is 6.26 Å². The second-order valence-corrected chi connectivity index (χ2v) is 7.88. The quantitative estimate of drug-likeness (QED) is 0.768. The number of sulfone groups is 1. The average Bonchev–Trinajstić information content (AvgIpc) is 2.45. The normalized spacial score (nSPS) is 13.0. The maximum atomic E-state index is 11.5. The van der Waals surface area contributed by atoms with Crippen LogP contribution in [0.4, 0.5) is 0 Å². The predicted molar refractivity (Wildman–Crippen MR) is 88.1 cm³/mol. The Labute approximate surface area is 134 Å². The molecule has 0 aromatic heterocycles. The molecule has 0 saturated carbocycles. The van der Waals surface area contributed by atoms with E-state index in [1.54, 1.807) is 19.2 Å². The van der Waals surface area contributed by atoms with Gasteiger partial charge in [-0.2, -0.15) is 0 Å². The monoisotopic (exact) mass is 368 g/mol. The van der Waals surface area contributed by atoms with Gasteiger partial charge in [-0.1, -0.05) is 45.8 Å². The van der Waals surface area contributed by atoms with Crippen LogP contribution in [0.15, 0.2) is 47.4 Å². The van der Waals surface area contributed by atoms with Gasteiger partial charge in [0, 0.05) is 11.8 Å². The molecule has 0 aliphatic carbocycles. The number of ether oxygens (including phenoxy) is 1. The maximum Gasteiger partial charge on any atom is 0.175 e. The fourth-order valence-electron chi connectivity index (χ4n) is 2.12. The Morgan fingerprint density at radius 1 is 1.10 bits per heavy atom. The Morgan fingerprint density at radius 3 is 2.24 bits per heavy atom. The molecule has 0 saturated heterocycles. The molecule has 21 heavy (non-hydrogen) atoms. The molecule has 2 aromatic rings. The van der Waals surface area contributed by atoms with Crippen molar-refractivity contribution < 1.29 is 13.2 Å². The Balaban J connectivity index is 2.40. The van der Waals surface area contributed by atoms with E-state index in [0.29, 0.717) is 4.90 Å². The zero-order chi connectivity index (χ0) is 15.6. The van der Waals surface area contributed by atoms with Gasteiger partial charge in [0.2, 0.25) is 0 Å². The second-order valence-electron chi connectivity index (χ2n) is 4.95. The van der Waals surface area contributed by atoms with E-state index in [0.717, 1.165) is 22.4 Å². The molecular weight excluding hydrogens is 352 g/mol. The summed E-state index contributed by atoms with van der Waals surface area (Å²) in [6, 6.07) is 12.9. The summed E-state index contributed by atoms with van der Waals surface area (Å²) in [7, 11) is -1.53. The number of alkyl halides is 1. The molecule has 2 aromatic carbocycles. The van der Waals surface area contributed by atoms with Crippen LogP contribution < -0.4 is 4.74 Å². The van der Waals surface area contributed by atoms with Crippen molar-refractivity contribution in [2.75, 3.05) is 13.4 Å². The minimum atomic E-state index is -3.17. The van der Waals surface area contributed by atoms with Gasteiger partial charge in [0.15, 0.2) is 9.84 Å². The van der Waals surface area contributed by atoms with E-state index in [2.05, 4.69) is 22.0 Å². The molecule has 0 aliphatic heterocycles. The summed E-state index contributed by atoms with van der Waals surface area (Å²) in [6.07, 6.45) is 1.21. The first-order valence-electron chi connectivity index (χ1n) is 6.41. The van der Waals surface area contributed by atoms with Crippen molar-refractivity contribution in [3.05, 3.63) is 59.2 Å². The van der Waals surface area contributed by atoms with E-state index in [4.69, 9.17) is 4.74 Å². The Hall–Kier alpha value is -1.33. The third-order valence-corrected chi connectivity index (χ3v) is 5.41. The first kappa shape index (κ1) is 16.0. The van der Waals surface area contributed by atoms with Gasteiger partial charge >= 0.3 is 0 Å². The van der Waals surface area contributed by atoms with Crippen molar-refractivity contribution in [2.24, 2.45) is 0 Å². The van der Waals surface area contributed by atoms with Gasteiger partial charge in [-0.25, -0.2) is 8.42 Å². The van der Waals surface area contributed by atoms with Crippen LogP contribution in [0.1, 0.15) is 21.5 Å². The van der Waals surface area contributed by atoms with Crippen LogP contribution in [0.2, 0.25) is 0 Å². The molecule has 0 N–H and O–H groups in total. The van der Waals surface area contributed by atoms with Crippen LogP contribution in [-0.2, 0) is 9.84 Å². The number of rotatable bonds is 4. The molecule has 2 rings (SSSR count). The summed E-state index contributed by atoms with van der Waals surface area (Å²) in [5.41, 5.74) is 3.14. The topological polar surface area (TPSA) is 43.4 Å². The standard InChI is InChI=1S/C16H17BrO3S/c1-11-4-9-15(20-2)14(10-11)16(17)12-5-7-13(8-6-12)21(3,18)19/h4-10,16H,1-3H3. The molecule has 0 aliphatic rings. The molecule has 0 heterocycles. The third-order valence-electron chi connectivity index (χ3n) is 3.26. The zero-order valence-electron chi connectivity index (χ0n) is 12.1. The molecule has 0 spiro atoms. The van der Waals surface area contributed by atoms with Crippen molar-refractivity contribution in [2.45, 2.75) is 16.6 Å². The second kappa shape index (κ2) is 6.20. The predicted octanol–water partition coefficient (Wildman–Crippen LogP) is 3.89. The first-order chi connectivity index (χ1) is 9.82. The van der Waals surface area contributed by atoms with Crippen LogP contribution in [0.3, 0.4) is 0 Å². The first-order valence-corrected chi connectivity index (χ1v) is 9.22. The number of aryl methyl sites for hydroxylation is 1. The summed E-state index contributed by atoms with van der Waals surface area (Å²) in [5, 5.41) is 0. The molecule has 3 nitrogen and oxygen atoms in total. The van der Waals surface area contributed by atoms with E-state index in [1.807, 2.05) is 31.2 Å². The molecule has 0 bridgehead atoms. The number of methoxy groups -OCH3 is 1. The maximum absolute atomic E-state index is 11.5. The molecular formula is C16H17BrO3S. The van der Waals surface area contributed by atoms with Crippen LogP contribution in [-0.4, -0.2) is 21.8 Å². The van der Waals surface area contributed by atoms with E-state index < -0.39 is 9.84 Å². The SMILES string of the molecule is COc1ccc(C)cc1C(Br)c1ccc(S(C)(=O)=O)cc1. The van der Waals surface area contributed by atoms with Crippen molar-refractivity contribution >= 4 is 25.8 Å². The van der Waals surface area contributed by atoms with E-state index in [-0.39, 0.29) is 4.83 Å². The smallest absolute Gasteiger partial charge is 0.175 e. The van der Waals surface area contributed by atoms with Gasteiger partial charge in [-0.05, 0) is 30.7 Å². The van der Waals surface area contributed by atoms with Gasteiger partial charge in [-0.15, -0.1) is 0 Å². The van der Waals surface area contributed by atoms with Gasteiger partial charge < -0.3 is 4.74 Å². The lowest BCUT2D eigenvalue weighted by molar-refractivity contribution is 0.410. The van der Waals surface area contributed by atoms with Gasteiger partial charge in [0.25, 0.3) is 0 Å². The molecule has 0 amide bonds. The third kappa shape index (κ3) is 3.66. The highest BCUT2D eigenvalue weighted by molar-refractivity contribution is 9.09. The number of benzene rings is 2. The molecule has 0 fully saturated rings. The zero-order valence-corrected chi connectivity index (χ0v) is 14.5. The Morgan fingerprint density at radius 2 is 1.71 bits per heavy atom. The Bertz CT molecular complexity index is 737. The highest BCUT2D eigenvalue weighted by atomic mass is 79.9. The molecule has 1 unspecified atom stereocenters. The van der Waals surface area contributed by atoms with E-state index in [9.17, 15) is 8.42 Å². The molecule has 5 heteroatoms. The minimum absolute atomic E-state index is 0.0547. The number of hydrogen-bond acceptors (Lipinski definition) is 3. The van der Waals surface area contributed by atoms with Crippen molar-refractivity contribution in [1.29, 1.82) is 0 Å². The van der Waals surface area contributed by atoms with Crippen LogP contribution in [0, 0.1) is 6.92 Å². The van der Waals surface area contributed by atoms with Gasteiger partial charge in [-0.3, -0.25) is 0 Å². The summed E-state index contributed by atoms with van der Waals surface area (Å²) < 4.78 is 28.4. The molecule has 0 radical (unpaired) electrons. The van der Waals surface area contributed by atoms with E-state index >= 15 is 0 Å². The fourth-order valence-corrected chi connectivity index (χ4v) is 3.41. The summed E-state index contributed by atoms with van der Waals surface area (Å²) in [4.78, 5) is 0.267. The largest absolute Gasteiger partial charge is 0.496 e. The van der Waals surface area contributed by atoms with Gasteiger partial charge in [0.05, 0.1) is 16.8 Å². The average molecular weight is 369 g/mol. The molecule has 1 atom stereocenters. The molecule has 112 valence electrons. The lowest BCUT2D eigenvalue weighted by Gasteiger charge is -2.16. The van der Waals surface area contributed by atoms with Crippen molar-refractivity contribution in [1.82, 2.24) is 0 Å². The van der Waals surface area contributed by atoms with Crippen LogP contribution >= 0.6 is 15.9 Å². The lowest BCUT2D eigenvalue weighted by atomic mass is 10.0. The number of halogens is 1. The Kier molecular flexibility index (Phi) is 4.74. The van der Waals surface area contributed by atoms with Crippen molar-refractivity contribution in [3.8, 4) is 5.75 Å². The van der Waals surface area contributed by atoms with Crippen LogP contribution in [0.5, 0.6) is 5.75 Å². The summed E-state index contributed by atoms with van der Waals surface area (Å²) in [6.45, 7) is 2.02. The lowest BCUT2D eigenvalue weighted by Crippen LogP contribution is -2.00. The highest BCUT2D eigenvalue weighted by Crippen LogP contribution is 2.37. The minimum Gasteiger partial charge on any atom is -0.496 e. The van der Waals surface area contributed by atoms with Crippen LogP contribution in [0.25, 0.3) is 0 Å². The number of hydrogen-bond donors (Lipinski definition) is 0. The summed E-state index contributed by atoms with van der Waals surface area (Å²) >= 11 is 3.67. The fraction of sp³-hybridized carbons (Fsp3) is 0.250.